The van der Waals surface area contributed by atoms with Crippen LogP contribution in [0, 0.1) is 0 Å². The summed E-state index contributed by atoms with van der Waals surface area (Å²) in [5.41, 5.74) is -0.101. The van der Waals surface area contributed by atoms with Gasteiger partial charge in [0, 0.05) is 12.1 Å². The van der Waals surface area contributed by atoms with Crippen molar-refractivity contribution < 1.29 is 84.3 Å². The molecule has 3 aliphatic heterocycles. The van der Waals surface area contributed by atoms with E-state index in [0.717, 1.165) is 12.1 Å². The number of aromatic hydroxyl groups is 2. The Morgan fingerprint density at radius 3 is 2.11 bits per heavy atom. The molecule has 3 heterocycles. The van der Waals surface area contributed by atoms with Gasteiger partial charge in [-0.15, -0.1) is 0 Å². The number of hydrogen-bond donors (Lipinski definition) is 10. The molecule has 2 aromatic rings. The van der Waals surface area contributed by atoms with Crippen molar-refractivity contribution in [2.24, 2.45) is 0 Å². The zero-order chi connectivity index (χ0) is 32.7. The molecule has 45 heavy (non-hydrogen) atoms. The van der Waals surface area contributed by atoms with E-state index in [2.05, 4.69) is 0 Å². The number of ether oxygens (including phenoxy) is 6. The monoisotopic (exact) mass is 642 g/mol. The summed E-state index contributed by atoms with van der Waals surface area (Å²) in [7, 11) is 1.31. The molecule has 5 rings (SSSR count). The number of rotatable bonds is 8. The minimum absolute atomic E-state index is 0.0516. The lowest BCUT2D eigenvalue weighted by atomic mass is 9.92. The molecule has 248 valence electrons. The van der Waals surface area contributed by atoms with Crippen LogP contribution in [-0.4, -0.2) is 145 Å². The first-order valence-corrected chi connectivity index (χ1v) is 13.8. The first-order valence-electron chi connectivity index (χ1n) is 13.8. The SMILES string of the molecule is COc1cc(C2Oc3cc(O[C@@H]4O[C@H](CO)[C@@H](O[C@@H]5O[C@H](CO)[C@@H](O)[C@H](O)[C@H]5O)[C@H](O)[C@H]4O)cc(O)c3C(=O)C2O)ccc1O. The van der Waals surface area contributed by atoms with Crippen molar-refractivity contribution in [2.45, 2.75) is 73.6 Å². The van der Waals surface area contributed by atoms with Crippen LogP contribution >= 0.6 is 0 Å². The van der Waals surface area contributed by atoms with Crippen LogP contribution in [0.25, 0.3) is 0 Å². The maximum Gasteiger partial charge on any atom is 0.229 e. The number of methoxy groups -OCH3 is 1. The molecule has 3 aliphatic rings. The first kappa shape index (κ1) is 33.0. The minimum atomic E-state index is -1.89. The lowest BCUT2D eigenvalue weighted by Gasteiger charge is -2.45. The Balaban J connectivity index is 1.34. The third-order valence-corrected chi connectivity index (χ3v) is 7.86. The topological polar surface area (TPSA) is 275 Å². The van der Waals surface area contributed by atoms with Gasteiger partial charge < -0.3 is 79.5 Å². The largest absolute Gasteiger partial charge is 0.507 e. The molecule has 0 spiro atoms. The highest BCUT2D eigenvalue weighted by atomic mass is 16.7. The lowest BCUT2D eigenvalue weighted by Crippen LogP contribution is -2.65. The number of aliphatic hydroxyl groups excluding tert-OH is 8. The highest BCUT2D eigenvalue weighted by Gasteiger charge is 2.51. The molecule has 0 bridgehead atoms. The predicted molar refractivity (Wildman–Crippen MR) is 144 cm³/mol. The van der Waals surface area contributed by atoms with Crippen LogP contribution in [0.1, 0.15) is 22.0 Å². The smallest absolute Gasteiger partial charge is 0.229 e. The van der Waals surface area contributed by atoms with Crippen LogP contribution in [-0.2, 0) is 14.2 Å². The number of carbonyl (C=O) groups excluding carboxylic acids is 1. The van der Waals surface area contributed by atoms with Gasteiger partial charge in [0.1, 0.15) is 71.6 Å². The van der Waals surface area contributed by atoms with E-state index in [-0.39, 0.29) is 34.1 Å². The standard InChI is InChI=1S/C28H34O17/c1-40-13-4-9(2-3-11(13)31)25-21(36)19(34)17-12(32)5-10(6-14(17)42-25)41-27-24(39)22(37)26(16(8-30)44-27)45-28-23(38)20(35)18(33)15(7-29)43-28/h2-6,15-16,18,20-33,35-39H,7-8H2,1H3/t15-,16-,18-,20+,21?,22-,23-,24-,25?,26-,27-,28+/m1/s1. The maximum absolute atomic E-state index is 13.0. The molecule has 2 fully saturated rings. The van der Waals surface area contributed by atoms with Crippen molar-refractivity contribution in [2.75, 3.05) is 20.3 Å². The van der Waals surface area contributed by atoms with Gasteiger partial charge in [-0.3, -0.25) is 4.79 Å². The quantitative estimate of drug-likeness (QED) is 0.136. The van der Waals surface area contributed by atoms with Crippen LogP contribution in [0.5, 0.6) is 28.7 Å². The van der Waals surface area contributed by atoms with Crippen molar-refractivity contribution in [1.29, 1.82) is 0 Å². The minimum Gasteiger partial charge on any atom is -0.507 e. The van der Waals surface area contributed by atoms with Crippen molar-refractivity contribution in [1.82, 2.24) is 0 Å². The molecule has 0 amide bonds. The highest BCUT2D eigenvalue weighted by Crippen LogP contribution is 2.44. The van der Waals surface area contributed by atoms with Gasteiger partial charge in [0.25, 0.3) is 0 Å². The number of carbonyl (C=O) groups is 1. The Morgan fingerprint density at radius 1 is 0.778 bits per heavy atom. The van der Waals surface area contributed by atoms with E-state index in [1.807, 2.05) is 0 Å². The Bertz CT molecular complexity index is 1370. The van der Waals surface area contributed by atoms with Gasteiger partial charge in [-0.25, -0.2) is 0 Å². The fourth-order valence-corrected chi connectivity index (χ4v) is 5.38. The summed E-state index contributed by atoms with van der Waals surface area (Å²) in [6.07, 6.45) is -19.8. The van der Waals surface area contributed by atoms with Crippen LogP contribution in [0.2, 0.25) is 0 Å². The molecule has 2 saturated heterocycles. The number of hydrogen-bond acceptors (Lipinski definition) is 17. The Labute approximate surface area is 254 Å². The van der Waals surface area contributed by atoms with Gasteiger partial charge in [-0.05, 0) is 17.7 Å². The molecule has 10 N–H and O–H groups in total. The Kier molecular flexibility index (Phi) is 9.68. The molecule has 12 atom stereocenters. The van der Waals surface area contributed by atoms with Crippen molar-refractivity contribution in [3.8, 4) is 28.7 Å². The molecule has 0 saturated carbocycles. The summed E-state index contributed by atoms with van der Waals surface area (Å²) in [5, 5.41) is 103. The van der Waals surface area contributed by atoms with Gasteiger partial charge in [0.05, 0.1) is 20.3 Å². The number of phenolic OH excluding ortho intramolecular Hbond substituents is 2. The van der Waals surface area contributed by atoms with Crippen molar-refractivity contribution in [3.63, 3.8) is 0 Å². The summed E-state index contributed by atoms with van der Waals surface area (Å²) in [6, 6.07) is 6.17. The zero-order valence-corrected chi connectivity index (χ0v) is 23.6. The molecule has 0 aliphatic carbocycles. The predicted octanol–water partition coefficient (Wildman–Crippen LogP) is -3.21. The van der Waals surface area contributed by atoms with Crippen molar-refractivity contribution in [3.05, 3.63) is 41.5 Å². The van der Waals surface area contributed by atoms with E-state index in [1.165, 1.54) is 25.3 Å². The van der Waals surface area contributed by atoms with Crippen LogP contribution in [0.15, 0.2) is 30.3 Å². The van der Waals surface area contributed by atoms with Crippen LogP contribution < -0.4 is 14.2 Å². The molecule has 2 unspecified atom stereocenters. The first-order chi connectivity index (χ1) is 21.4. The van der Waals surface area contributed by atoms with E-state index >= 15 is 0 Å². The summed E-state index contributed by atoms with van der Waals surface area (Å²) < 4.78 is 32.9. The van der Waals surface area contributed by atoms with E-state index in [0.29, 0.717) is 0 Å². The average molecular weight is 643 g/mol. The van der Waals surface area contributed by atoms with E-state index < -0.39 is 98.4 Å². The number of benzene rings is 2. The number of fused-ring (bicyclic) bond motifs is 1. The Morgan fingerprint density at radius 2 is 1.44 bits per heavy atom. The van der Waals surface area contributed by atoms with Crippen LogP contribution in [0.3, 0.4) is 0 Å². The summed E-state index contributed by atoms with van der Waals surface area (Å²) in [5.74, 6) is -2.11. The fourth-order valence-electron chi connectivity index (χ4n) is 5.38. The summed E-state index contributed by atoms with van der Waals surface area (Å²) in [4.78, 5) is 13.0. The molecule has 2 aromatic carbocycles. The molecule has 17 nitrogen and oxygen atoms in total. The molecule has 17 heteroatoms. The molecular weight excluding hydrogens is 608 g/mol. The fraction of sp³-hybridized carbons (Fsp3) is 0.536. The second kappa shape index (κ2) is 13.2. The van der Waals surface area contributed by atoms with Gasteiger partial charge in [-0.1, -0.05) is 6.07 Å². The van der Waals surface area contributed by atoms with E-state index in [9.17, 15) is 55.9 Å². The molecular formula is C28H34O17. The van der Waals surface area contributed by atoms with E-state index in [1.54, 1.807) is 0 Å². The second-order valence-electron chi connectivity index (χ2n) is 10.7. The average Bonchev–Trinajstić information content (AvgIpc) is 3.02. The maximum atomic E-state index is 13.0. The number of ketones is 1. The number of aliphatic hydroxyl groups is 8. The van der Waals surface area contributed by atoms with Crippen molar-refractivity contribution >= 4 is 5.78 Å². The van der Waals surface area contributed by atoms with Gasteiger partial charge >= 0.3 is 0 Å². The summed E-state index contributed by atoms with van der Waals surface area (Å²) in [6.45, 7) is -1.56. The normalized spacial score (nSPS) is 36.6. The van der Waals surface area contributed by atoms with Gasteiger partial charge in [-0.2, -0.15) is 0 Å². The molecule has 0 aromatic heterocycles. The van der Waals surface area contributed by atoms with E-state index in [4.69, 9.17) is 28.4 Å². The van der Waals surface area contributed by atoms with Gasteiger partial charge in [0.2, 0.25) is 12.1 Å². The molecule has 0 radical (unpaired) electrons. The number of phenols is 2. The zero-order valence-electron chi connectivity index (χ0n) is 23.6. The second-order valence-corrected chi connectivity index (χ2v) is 10.7. The third kappa shape index (κ3) is 6.12. The third-order valence-electron chi connectivity index (χ3n) is 7.86. The highest BCUT2D eigenvalue weighted by molar-refractivity contribution is 6.05. The summed E-state index contributed by atoms with van der Waals surface area (Å²) >= 11 is 0. The van der Waals surface area contributed by atoms with Crippen LogP contribution in [0.4, 0.5) is 0 Å². The Hall–Kier alpha value is -3.33. The number of Topliss-reactive ketones (excluding diaryl/α,β-unsaturated/α-hetero) is 1. The lowest BCUT2D eigenvalue weighted by molar-refractivity contribution is -0.352. The van der Waals surface area contributed by atoms with Gasteiger partial charge in [0.15, 0.2) is 30.0 Å².